The number of amides is 3. The van der Waals surface area contributed by atoms with E-state index in [1.165, 1.54) is 24.3 Å². The summed E-state index contributed by atoms with van der Waals surface area (Å²) in [5, 5.41) is 19.2. The zero-order valence-corrected chi connectivity index (χ0v) is 17.5. The van der Waals surface area contributed by atoms with Gasteiger partial charge in [-0.05, 0) is 36.8 Å². The highest BCUT2D eigenvalue weighted by Crippen LogP contribution is 2.27. The molecule has 10 heteroatoms. The number of allylic oxidation sites excluding steroid dienone is 1. The summed E-state index contributed by atoms with van der Waals surface area (Å²) in [4.78, 5) is 37.4. The Labute approximate surface area is 184 Å². The number of anilines is 1. The SMILES string of the molecule is CC1=C(NC(=O)c2ccc([N+](=O)[O-])cc2)C(c2ccc(N3CCOCC3)cc2)NC(=O)N1. The van der Waals surface area contributed by atoms with E-state index in [2.05, 4.69) is 20.9 Å². The lowest BCUT2D eigenvalue weighted by molar-refractivity contribution is -0.384. The van der Waals surface area contributed by atoms with Crippen LogP contribution in [0.25, 0.3) is 0 Å². The molecule has 0 aliphatic carbocycles. The molecular weight excluding hydrogens is 414 g/mol. The van der Waals surface area contributed by atoms with Crippen LogP contribution in [0, 0.1) is 10.1 Å². The van der Waals surface area contributed by atoms with E-state index >= 15 is 0 Å². The molecule has 1 atom stereocenters. The molecule has 32 heavy (non-hydrogen) atoms. The van der Waals surface area contributed by atoms with E-state index < -0.39 is 16.9 Å². The predicted molar refractivity (Wildman–Crippen MR) is 117 cm³/mol. The van der Waals surface area contributed by atoms with Crippen LogP contribution in [0.5, 0.6) is 0 Å². The molecule has 2 aliphatic rings. The van der Waals surface area contributed by atoms with Gasteiger partial charge in [-0.3, -0.25) is 14.9 Å². The first-order chi connectivity index (χ1) is 15.4. The molecule has 2 aliphatic heterocycles. The summed E-state index contributed by atoms with van der Waals surface area (Å²) in [5.41, 5.74) is 3.08. The number of ether oxygens (including phenoxy) is 1. The molecular formula is C22H23N5O5. The lowest BCUT2D eigenvalue weighted by Gasteiger charge is -2.31. The minimum Gasteiger partial charge on any atom is -0.378 e. The first-order valence-corrected chi connectivity index (χ1v) is 10.2. The fraction of sp³-hybridized carbons (Fsp3) is 0.273. The molecule has 0 aromatic heterocycles. The summed E-state index contributed by atoms with van der Waals surface area (Å²) < 4.78 is 5.39. The number of carbonyl (C=O) groups is 2. The quantitative estimate of drug-likeness (QED) is 0.487. The second-order valence-corrected chi connectivity index (χ2v) is 7.52. The number of morpholine rings is 1. The molecule has 1 fully saturated rings. The van der Waals surface area contributed by atoms with E-state index in [0.717, 1.165) is 24.3 Å². The monoisotopic (exact) mass is 437 g/mol. The maximum absolute atomic E-state index is 12.8. The zero-order chi connectivity index (χ0) is 22.7. The van der Waals surface area contributed by atoms with E-state index in [4.69, 9.17) is 4.74 Å². The third-order valence-corrected chi connectivity index (χ3v) is 5.46. The van der Waals surface area contributed by atoms with Crippen LogP contribution in [0.2, 0.25) is 0 Å². The Morgan fingerprint density at radius 3 is 2.41 bits per heavy atom. The van der Waals surface area contributed by atoms with Crippen LogP contribution in [-0.2, 0) is 4.74 Å². The van der Waals surface area contributed by atoms with Crippen LogP contribution in [0.1, 0.15) is 28.9 Å². The molecule has 10 nitrogen and oxygen atoms in total. The van der Waals surface area contributed by atoms with Crippen molar-refractivity contribution in [3.05, 3.63) is 81.2 Å². The second-order valence-electron chi connectivity index (χ2n) is 7.52. The number of hydrogen-bond acceptors (Lipinski definition) is 6. The highest BCUT2D eigenvalue weighted by atomic mass is 16.6. The Bertz CT molecular complexity index is 1060. The van der Waals surface area contributed by atoms with Crippen molar-refractivity contribution in [2.75, 3.05) is 31.2 Å². The molecule has 2 aromatic rings. The van der Waals surface area contributed by atoms with Gasteiger partial charge in [0, 0.05) is 42.2 Å². The number of carbonyl (C=O) groups excluding carboxylic acids is 2. The van der Waals surface area contributed by atoms with Crippen LogP contribution >= 0.6 is 0 Å². The Morgan fingerprint density at radius 2 is 1.78 bits per heavy atom. The average Bonchev–Trinajstić information content (AvgIpc) is 2.81. The summed E-state index contributed by atoms with van der Waals surface area (Å²) in [6, 6.07) is 12.2. The summed E-state index contributed by atoms with van der Waals surface area (Å²) in [6.07, 6.45) is 0. The van der Waals surface area contributed by atoms with E-state index in [1.54, 1.807) is 6.92 Å². The predicted octanol–water partition coefficient (Wildman–Crippen LogP) is 2.45. The number of hydrogen-bond donors (Lipinski definition) is 3. The highest BCUT2D eigenvalue weighted by molar-refractivity contribution is 5.96. The van der Waals surface area contributed by atoms with Gasteiger partial charge in [0.05, 0.1) is 29.9 Å². The number of nitro benzene ring substituents is 1. The lowest BCUT2D eigenvalue weighted by atomic mass is 10.00. The fourth-order valence-corrected chi connectivity index (χ4v) is 3.74. The van der Waals surface area contributed by atoms with Gasteiger partial charge in [-0.1, -0.05) is 12.1 Å². The Balaban J connectivity index is 1.55. The second kappa shape index (κ2) is 9.06. The number of benzene rings is 2. The molecule has 0 radical (unpaired) electrons. The van der Waals surface area contributed by atoms with E-state index in [-0.39, 0.29) is 17.3 Å². The number of non-ortho nitro benzene ring substituents is 1. The van der Waals surface area contributed by atoms with Crippen molar-refractivity contribution in [2.45, 2.75) is 13.0 Å². The van der Waals surface area contributed by atoms with Gasteiger partial charge in [0.25, 0.3) is 11.6 Å². The molecule has 3 N–H and O–H groups in total. The standard InChI is InChI=1S/C22H23N5O5/c1-14-19(24-21(28)16-4-8-18(9-5-16)27(30)31)20(25-22(29)23-14)15-2-6-17(7-3-15)26-10-12-32-13-11-26/h2-9,20H,10-13H2,1H3,(H,24,28)(H2,23,25,29). The highest BCUT2D eigenvalue weighted by Gasteiger charge is 2.28. The van der Waals surface area contributed by atoms with Crippen molar-refractivity contribution in [1.29, 1.82) is 0 Å². The van der Waals surface area contributed by atoms with Gasteiger partial charge in [0.2, 0.25) is 0 Å². The fourth-order valence-electron chi connectivity index (χ4n) is 3.74. The van der Waals surface area contributed by atoms with Crippen molar-refractivity contribution in [1.82, 2.24) is 16.0 Å². The molecule has 3 amide bonds. The summed E-state index contributed by atoms with van der Waals surface area (Å²) in [5.74, 6) is -0.429. The molecule has 0 bridgehead atoms. The van der Waals surface area contributed by atoms with Crippen LogP contribution in [-0.4, -0.2) is 43.2 Å². The van der Waals surface area contributed by atoms with Crippen LogP contribution < -0.4 is 20.9 Å². The Kier molecular flexibility index (Phi) is 6.04. The molecule has 4 rings (SSSR count). The van der Waals surface area contributed by atoms with Crippen LogP contribution in [0.3, 0.4) is 0 Å². The van der Waals surface area contributed by atoms with Crippen molar-refractivity contribution in [3.8, 4) is 0 Å². The zero-order valence-electron chi connectivity index (χ0n) is 17.5. The van der Waals surface area contributed by atoms with Crippen molar-refractivity contribution >= 4 is 23.3 Å². The summed E-state index contributed by atoms with van der Waals surface area (Å²) in [7, 11) is 0. The average molecular weight is 437 g/mol. The normalized spacial score (nSPS) is 18.6. The number of rotatable bonds is 5. The van der Waals surface area contributed by atoms with E-state index in [9.17, 15) is 19.7 Å². The molecule has 1 saturated heterocycles. The first-order valence-electron chi connectivity index (χ1n) is 10.2. The van der Waals surface area contributed by atoms with E-state index in [1.807, 2.05) is 24.3 Å². The lowest BCUT2D eigenvalue weighted by Crippen LogP contribution is -2.47. The van der Waals surface area contributed by atoms with Gasteiger partial charge >= 0.3 is 6.03 Å². The van der Waals surface area contributed by atoms with Crippen molar-refractivity contribution in [2.24, 2.45) is 0 Å². The first kappa shape index (κ1) is 21.3. The number of nitro groups is 1. The number of nitrogens with zero attached hydrogens (tertiary/aromatic N) is 2. The summed E-state index contributed by atoms with van der Waals surface area (Å²) >= 11 is 0. The van der Waals surface area contributed by atoms with Gasteiger partial charge in [-0.25, -0.2) is 4.79 Å². The molecule has 2 aromatic carbocycles. The summed E-state index contributed by atoms with van der Waals surface area (Å²) in [6.45, 7) is 4.72. The molecule has 0 spiro atoms. The van der Waals surface area contributed by atoms with E-state index in [0.29, 0.717) is 24.6 Å². The molecule has 0 saturated carbocycles. The minimum atomic E-state index is -0.551. The maximum atomic E-state index is 12.8. The molecule has 2 heterocycles. The van der Waals surface area contributed by atoms with Gasteiger partial charge in [0.15, 0.2) is 0 Å². The smallest absolute Gasteiger partial charge is 0.319 e. The third-order valence-electron chi connectivity index (χ3n) is 5.46. The Morgan fingerprint density at radius 1 is 1.12 bits per heavy atom. The number of nitrogens with one attached hydrogen (secondary N) is 3. The minimum absolute atomic E-state index is 0.0956. The van der Waals surface area contributed by atoms with Gasteiger partial charge in [-0.2, -0.15) is 0 Å². The van der Waals surface area contributed by atoms with Crippen molar-refractivity contribution < 1.29 is 19.2 Å². The van der Waals surface area contributed by atoms with Crippen LogP contribution in [0.4, 0.5) is 16.2 Å². The largest absolute Gasteiger partial charge is 0.378 e. The van der Waals surface area contributed by atoms with Gasteiger partial charge in [-0.15, -0.1) is 0 Å². The van der Waals surface area contributed by atoms with Crippen molar-refractivity contribution in [3.63, 3.8) is 0 Å². The number of urea groups is 1. The maximum Gasteiger partial charge on any atom is 0.319 e. The Hall–Kier alpha value is -3.92. The van der Waals surface area contributed by atoms with Crippen LogP contribution in [0.15, 0.2) is 59.9 Å². The van der Waals surface area contributed by atoms with Gasteiger partial charge in [0.1, 0.15) is 0 Å². The molecule has 1 unspecified atom stereocenters. The van der Waals surface area contributed by atoms with Gasteiger partial charge < -0.3 is 25.6 Å². The molecule has 166 valence electrons. The topological polar surface area (TPSA) is 126 Å². The third kappa shape index (κ3) is 4.54.